The van der Waals surface area contributed by atoms with Gasteiger partial charge in [0.25, 0.3) is 5.91 Å². The number of carbonyl (C=O) groups excluding carboxylic acids is 2. The van der Waals surface area contributed by atoms with Crippen LogP contribution < -0.4 is 20.1 Å². The van der Waals surface area contributed by atoms with Crippen molar-refractivity contribution >= 4 is 23.2 Å². The van der Waals surface area contributed by atoms with Crippen molar-refractivity contribution in [2.24, 2.45) is 0 Å². The molecular formula is C24H24N2O4. The summed E-state index contributed by atoms with van der Waals surface area (Å²) in [6.07, 6.45) is -0.689. The summed E-state index contributed by atoms with van der Waals surface area (Å²) >= 11 is 0. The molecule has 3 aromatic carbocycles. The van der Waals surface area contributed by atoms with Gasteiger partial charge in [0.05, 0.1) is 0 Å². The highest BCUT2D eigenvalue weighted by Crippen LogP contribution is 2.19. The van der Waals surface area contributed by atoms with Crippen LogP contribution in [0.1, 0.15) is 19.4 Å². The Morgan fingerprint density at radius 1 is 0.800 bits per heavy atom. The SMILES string of the molecule is CC(=O)Nc1ccc(OC(C)C(=O)Nc2ccc(OCc3ccccc3)cc2)cc1. The van der Waals surface area contributed by atoms with E-state index in [1.54, 1.807) is 43.3 Å². The van der Waals surface area contributed by atoms with E-state index in [0.717, 1.165) is 11.3 Å². The van der Waals surface area contributed by atoms with E-state index in [2.05, 4.69) is 10.6 Å². The quantitative estimate of drug-likeness (QED) is 0.574. The zero-order valence-electron chi connectivity index (χ0n) is 16.9. The lowest BCUT2D eigenvalue weighted by Gasteiger charge is -2.15. The summed E-state index contributed by atoms with van der Waals surface area (Å²) in [6.45, 7) is 3.60. The Morgan fingerprint density at radius 3 is 1.97 bits per heavy atom. The number of carbonyl (C=O) groups is 2. The molecule has 3 rings (SSSR count). The Hall–Kier alpha value is -3.80. The molecule has 6 heteroatoms. The topological polar surface area (TPSA) is 76.7 Å². The van der Waals surface area contributed by atoms with Gasteiger partial charge in [0.2, 0.25) is 5.91 Å². The summed E-state index contributed by atoms with van der Waals surface area (Å²) in [4.78, 5) is 23.5. The van der Waals surface area contributed by atoms with E-state index in [1.165, 1.54) is 6.92 Å². The molecule has 2 amide bonds. The van der Waals surface area contributed by atoms with Gasteiger partial charge in [0.15, 0.2) is 6.10 Å². The molecule has 0 saturated carbocycles. The number of rotatable bonds is 8. The molecule has 1 atom stereocenters. The lowest BCUT2D eigenvalue weighted by Crippen LogP contribution is -2.30. The average molecular weight is 404 g/mol. The van der Waals surface area contributed by atoms with Crippen LogP contribution in [0.25, 0.3) is 0 Å². The molecule has 154 valence electrons. The summed E-state index contributed by atoms with van der Waals surface area (Å²) in [7, 11) is 0. The van der Waals surface area contributed by atoms with Crippen LogP contribution in [0.3, 0.4) is 0 Å². The Labute approximate surface area is 175 Å². The van der Waals surface area contributed by atoms with Crippen molar-refractivity contribution in [3.63, 3.8) is 0 Å². The average Bonchev–Trinajstić information content (AvgIpc) is 2.75. The third kappa shape index (κ3) is 6.38. The highest BCUT2D eigenvalue weighted by Gasteiger charge is 2.15. The maximum atomic E-state index is 12.4. The van der Waals surface area contributed by atoms with Crippen molar-refractivity contribution in [2.75, 3.05) is 10.6 Å². The molecule has 0 spiro atoms. The summed E-state index contributed by atoms with van der Waals surface area (Å²) < 4.78 is 11.4. The first-order valence-corrected chi connectivity index (χ1v) is 9.61. The number of anilines is 2. The number of benzene rings is 3. The van der Waals surface area contributed by atoms with Crippen LogP contribution in [-0.2, 0) is 16.2 Å². The third-order valence-corrected chi connectivity index (χ3v) is 4.23. The normalized spacial score (nSPS) is 11.3. The van der Waals surface area contributed by atoms with Crippen LogP contribution in [-0.4, -0.2) is 17.9 Å². The van der Waals surface area contributed by atoms with Gasteiger partial charge in [-0.25, -0.2) is 0 Å². The fourth-order valence-electron chi connectivity index (χ4n) is 2.70. The molecule has 0 aliphatic heterocycles. The molecule has 0 radical (unpaired) electrons. The van der Waals surface area contributed by atoms with E-state index >= 15 is 0 Å². The van der Waals surface area contributed by atoms with E-state index in [-0.39, 0.29) is 11.8 Å². The maximum absolute atomic E-state index is 12.4. The van der Waals surface area contributed by atoms with Gasteiger partial charge in [-0.2, -0.15) is 0 Å². The van der Waals surface area contributed by atoms with Gasteiger partial charge in [0.1, 0.15) is 18.1 Å². The molecule has 3 aromatic rings. The second kappa shape index (κ2) is 10.1. The van der Waals surface area contributed by atoms with E-state index in [4.69, 9.17) is 9.47 Å². The van der Waals surface area contributed by atoms with Crippen molar-refractivity contribution in [1.82, 2.24) is 0 Å². The Kier molecular flexibility index (Phi) is 7.05. The molecule has 30 heavy (non-hydrogen) atoms. The number of ether oxygens (including phenoxy) is 2. The standard InChI is InChI=1S/C24H24N2O4/c1-17(30-23-14-10-20(11-15-23)25-18(2)27)24(28)26-21-8-12-22(13-9-21)29-16-19-6-4-3-5-7-19/h3-15,17H,16H2,1-2H3,(H,25,27)(H,26,28). The number of nitrogens with one attached hydrogen (secondary N) is 2. The van der Waals surface area contributed by atoms with Gasteiger partial charge in [-0.15, -0.1) is 0 Å². The third-order valence-electron chi connectivity index (χ3n) is 4.23. The van der Waals surface area contributed by atoms with E-state index in [1.807, 2.05) is 42.5 Å². The van der Waals surface area contributed by atoms with Gasteiger partial charge >= 0.3 is 0 Å². The molecule has 0 saturated heterocycles. The Bertz CT molecular complexity index is 970. The molecule has 1 unspecified atom stereocenters. The zero-order chi connectivity index (χ0) is 21.3. The molecule has 0 fully saturated rings. The minimum absolute atomic E-state index is 0.145. The van der Waals surface area contributed by atoms with Gasteiger partial charge in [-0.1, -0.05) is 30.3 Å². The van der Waals surface area contributed by atoms with Gasteiger partial charge < -0.3 is 20.1 Å². The highest BCUT2D eigenvalue weighted by molar-refractivity contribution is 5.94. The summed E-state index contributed by atoms with van der Waals surface area (Å²) in [5.41, 5.74) is 2.41. The maximum Gasteiger partial charge on any atom is 0.265 e. The molecule has 2 N–H and O–H groups in total. The van der Waals surface area contributed by atoms with Crippen LogP contribution in [0.5, 0.6) is 11.5 Å². The van der Waals surface area contributed by atoms with Crippen molar-refractivity contribution in [2.45, 2.75) is 26.6 Å². The number of amides is 2. The summed E-state index contributed by atoms with van der Waals surface area (Å²) in [6, 6.07) is 23.9. The first kappa shape index (κ1) is 20.9. The summed E-state index contributed by atoms with van der Waals surface area (Å²) in [5, 5.41) is 5.50. The van der Waals surface area contributed by atoms with Gasteiger partial charge in [0, 0.05) is 18.3 Å². The first-order valence-electron chi connectivity index (χ1n) is 9.61. The van der Waals surface area contributed by atoms with E-state index in [9.17, 15) is 9.59 Å². The fraction of sp³-hybridized carbons (Fsp3) is 0.167. The molecule has 0 bridgehead atoms. The van der Waals surface area contributed by atoms with Crippen molar-refractivity contribution < 1.29 is 19.1 Å². The molecule has 0 heterocycles. The van der Waals surface area contributed by atoms with Gasteiger partial charge in [-0.3, -0.25) is 9.59 Å². The highest BCUT2D eigenvalue weighted by atomic mass is 16.5. The van der Waals surface area contributed by atoms with Crippen LogP contribution in [0.15, 0.2) is 78.9 Å². The van der Waals surface area contributed by atoms with Crippen LogP contribution >= 0.6 is 0 Å². The number of hydrogen-bond acceptors (Lipinski definition) is 4. The van der Waals surface area contributed by atoms with Crippen molar-refractivity contribution in [3.8, 4) is 11.5 Å². The van der Waals surface area contributed by atoms with E-state index in [0.29, 0.717) is 23.7 Å². The predicted octanol–water partition coefficient (Wildman–Crippen LogP) is 4.63. The smallest absolute Gasteiger partial charge is 0.265 e. The second-order valence-corrected chi connectivity index (χ2v) is 6.75. The Balaban J connectivity index is 1.49. The number of hydrogen-bond donors (Lipinski definition) is 2. The lowest BCUT2D eigenvalue weighted by molar-refractivity contribution is -0.122. The molecule has 0 aliphatic carbocycles. The van der Waals surface area contributed by atoms with Gasteiger partial charge in [-0.05, 0) is 61.0 Å². The molecular weight excluding hydrogens is 380 g/mol. The zero-order valence-corrected chi connectivity index (χ0v) is 16.9. The predicted molar refractivity (Wildman–Crippen MR) is 117 cm³/mol. The van der Waals surface area contributed by atoms with E-state index < -0.39 is 6.10 Å². The minimum atomic E-state index is -0.689. The Morgan fingerprint density at radius 2 is 1.37 bits per heavy atom. The molecule has 6 nitrogen and oxygen atoms in total. The monoisotopic (exact) mass is 404 g/mol. The van der Waals surface area contributed by atoms with Crippen LogP contribution in [0.2, 0.25) is 0 Å². The summed E-state index contributed by atoms with van der Waals surface area (Å²) in [5.74, 6) is 0.851. The van der Waals surface area contributed by atoms with Crippen molar-refractivity contribution in [1.29, 1.82) is 0 Å². The molecule has 0 aromatic heterocycles. The molecule has 0 aliphatic rings. The fourth-order valence-corrected chi connectivity index (χ4v) is 2.70. The largest absolute Gasteiger partial charge is 0.489 e. The minimum Gasteiger partial charge on any atom is -0.489 e. The lowest BCUT2D eigenvalue weighted by atomic mass is 10.2. The van der Waals surface area contributed by atoms with Crippen molar-refractivity contribution in [3.05, 3.63) is 84.4 Å². The second-order valence-electron chi connectivity index (χ2n) is 6.75. The van der Waals surface area contributed by atoms with Crippen LogP contribution in [0, 0.1) is 0 Å². The first-order chi connectivity index (χ1) is 14.5. The van der Waals surface area contributed by atoms with Crippen LogP contribution in [0.4, 0.5) is 11.4 Å².